The van der Waals surface area contributed by atoms with E-state index in [1.807, 2.05) is 0 Å². The van der Waals surface area contributed by atoms with E-state index in [-0.39, 0.29) is 18.1 Å². The van der Waals surface area contributed by atoms with E-state index in [9.17, 15) is 18.0 Å². The molecule has 0 aliphatic carbocycles. The van der Waals surface area contributed by atoms with Gasteiger partial charge in [-0.1, -0.05) is 24.3 Å². The minimum atomic E-state index is -2.99. The summed E-state index contributed by atoms with van der Waals surface area (Å²) in [5, 5.41) is 2.69. The number of ether oxygens (including phenoxy) is 2. The van der Waals surface area contributed by atoms with Crippen molar-refractivity contribution in [3.63, 3.8) is 0 Å². The lowest BCUT2D eigenvalue weighted by molar-refractivity contribution is -0.115. The Morgan fingerprint density at radius 2 is 1.79 bits per heavy atom. The largest absolute Gasteiger partial charge is 0.497 e. The lowest BCUT2D eigenvalue weighted by Crippen LogP contribution is -2.14. The molecule has 0 saturated heterocycles. The number of hydrogen-bond donors (Lipinski definition) is 1. The second-order valence-electron chi connectivity index (χ2n) is 6.17. The first-order valence-corrected chi connectivity index (χ1v) is 8.72. The predicted molar refractivity (Wildman–Crippen MR) is 104 cm³/mol. The van der Waals surface area contributed by atoms with Gasteiger partial charge in [-0.25, -0.2) is 4.39 Å². The summed E-state index contributed by atoms with van der Waals surface area (Å²) < 4.78 is 48.5. The van der Waals surface area contributed by atoms with Gasteiger partial charge in [-0.05, 0) is 53.6 Å². The third-order valence-electron chi connectivity index (χ3n) is 4.13. The molecule has 0 unspecified atom stereocenters. The van der Waals surface area contributed by atoms with Crippen molar-refractivity contribution in [2.45, 2.75) is 13.0 Å². The molecule has 0 aromatic heterocycles. The van der Waals surface area contributed by atoms with Crippen molar-refractivity contribution in [2.24, 2.45) is 0 Å². The summed E-state index contributed by atoms with van der Waals surface area (Å²) in [4.78, 5) is 12.3. The molecule has 1 amide bonds. The lowest BCUT2D eigenvalue weighted by atomic mass is 10.0. The minimum Gasteiger partial charge on any atom is -0.497 e. The van der Waals surface area contributed by atoms with Gasteiger partial charge in [-0.3, -0.25) is 4.79 Å². The average molecular weight is 401 g/mol. The highest BCUT2D eigenvalue weighted by molar-refractivity contribution is 5.93. The number of halogens is 3. The standard InChI is InChI=1S/C22H18F3NO3/c1-28-18-8-5-15(6-9-18)19-13-17(7-10-20(19)29-22(24)25)26-21(27)12-14-3-2-4-16(23)11-14/h2-11,13,22H,12H2,1H3,(H,26,27). The number of benzene rings is 3. The van der Waals surface area contributed by atoms with Crippen LogP contribution in [0.2, 0.25) is 0 Å². The molecule has 3 aromatic carbocycles. The maximum absolute atomic E-state index is 13.3. The van der Waals surface area contributed by atoms with E-state index in [1.165, 1.54) is 37.4 Å². The molecule has 1 N–H and O–H groups in total. The minimum absolute atomic E-state index is 0.0201. The Balaban J connectivity index is 1.84. The van der Waals surface area contributed by atoms with Crippen molar-refractivity contribution >= 4 is 11.6 Å². The molecule has 3 aromatic rings. The fraction of sp³-hybridized carbons (Fsp3) is 0.136. The quantitative estimate of drug-likeness (QED) is 0.586. The molecule has 0 spiro atoms. The van der Waals surface area contributed by atoms with Gasteiger partial charge in [-0.2, -0.15) is 8.78 Å². The van der Waals surface area contributed by atoms with Crippen LogP contribution in [0.5, 0.6) is 11.5 Å². The Morgan fingerprint density at radius 3 is 2.45 bits per heavy atom. The van der Waals surface area contributed by atoms with Gasteiger partial charge in [0.2, 0.25) is 5.91 Å². The maximum atomic E-state index is 13.3. The number of methoxy groups -OCH3 is 1. The molecule has 0 heterocycles. The molecule has 0 atom stereocenters. The van der Waals surface area contributed by atoms with Gasteiger partial charge >= 0.3 is 6.61 Å². The Bertz CT molecular complexity index is 991. The number of hydrogen-bond acceptors (Lipinski definition) is 3. The highest BCUT2D eigenvalue weighted by Crippen LogP contribution is 2.34. The van der Waals surface area contributed by atoms with Crippen molar-refractivity contribution in [1.29, 1.82) is 0 Å². The molecule has 0 fully saturated rings. The Morgan fingerprint density at radius 1 is 1.03 bits per heavy atom. The molecule has 150 valence electrons. The molecular weight excluding hydrogens is 383 g/mol. The summed E-state index contributed by atoms with van der Waals surface area (Å²) in [6.45, 7) is -2.99. The first kappa shape index (κ1) is 20.3. The predicted octanol–water partition coefficient (Wildman–Crippen LogP) is 5.28. The van der Waals surface area contributed by atoms with Gasteiger partial charge in [0.25, 0.3) is 0 Å². The zero-order valence-electron chi connectivity index (χ0n) is 15.5. The van der Waals surface area contributed by atoms with Crippen LogP contribution in [0.4, 0.5) is 18.9 Å². The SMILES string of the molecule is COc1ccc(-c2cc(NC(=O)Cc3cccc(F)c3)ccc2OC(F)F)cc1. The van der Waals surface area contributed by atoms with Crippen LogP contribution in [0, 0.1) is 5.82 Å². The Labute approximate surface area is 165 Å². The van der Waals surface area contributed by atoms with Crippen LogP contribution in [0.25, 0.3) is 11.1 Å². The van der Waals surface area contributed by atoms with E-state index in [4.69, 9.17) is 4.74 Å². The summed E-state index contributed by atoms with van der Waals surface area (Å²) in [7, 11) is 1.52. The van der Waals surface area contributed by atoms with Crippen LogP contribution < -0.4 is 14.8 Å². The van der Waals surface area contributed by atoms with Crippen molar-refractivity contribution in [3.8, 4) is 22.6 Å². The normalized spacial score (nSPS) is 10.7. The molecule has 29 heavy (non-hydrogen) atoms. The van der Waals surface area contributed by atoms with Gasteiger partial charge in [0.05, 0.1) is 13.5 Å². The molecule has 0 aliphatic heterocycles. The van der Waals surface area contributed by atoms with Gasteiger partial charge in [0.15, 0.2) is 0 Å². The number of nitrogens with one attached hydrogen (secondary N) is 1. The number of amides is 1. The van der Waals surface area contributed by atoms with E-state index in [1.54, 1.807) is 36.4 Å². The second kappa shape index (κ2) is 9.14. The number of carbonyl (C=O) groups is 1. The molecule has 3 rings (SSSR count). The lowest BCUT2D eigenvalue weighted by Gasteiger charge is -2.14. The van der Waals surface area contributed by atoms with Gasteiger partial charge in [-0.15, -0.1) is 0 Å². The summed E-state index contributed by atoms with van der Waals surface area (Å²) >= 11 is 0. The first-order valence-electron chi connectivity index (χ1n) is 8.72. The van der Waals surface area contributed by atoms with Crippen LogP contribution >= 0.6 is 0 Å². The monoisotopic (exact) mass is 401 g/mol. The summed E-state index contributed by atoms with van der Waals surface area (Å²) in [6, 6.07) is 16.9. The van der Waals surface area contributed by atoms with E-state index in [2.05, 4.69) is 10.1 Å². The first-order chi connectivity index (χ1) is 13.9. The van der Waals surface area contributed by atoms with Crippen LogP contribution in [-0.2, 0) is 11.2 Å². The molecule has 0 radical (unpaired) electrons. The third-order valence-corrected chi connectivity index (χ3v) is 4.13. The number of anilines is 1. The van der Waals surface area contributed by atoms with Crippen LogP contribution in [0.1, 0.15) is 5.56 Å². The van der Waals surface area contributed by atoms with Crippen molar-refractivity contribution in [2.75, 3.05) is 12.4 Å². The summed E-state index contributed by atoms with van der Waals surface area (Å²) in [6.07, 6.45) is -0.0229. The molecule has 0 bridgehead atoms. The number of alkyl halides is 2. The zero-order valence-corrected chi connectivity index (χ0v) is 15.5. The average Bonchev–Trinajstić information content (AvgIpc) is 2.69. The van der Waals surface area contributed by atoms with E-state index in [0.717, 1.165) is 0 Å². The summed E-state index contributed by atoms with van der Waals surface area (Å²) in [5.74, 6) is -0.192. The van der Waals surface area contributed by atoms with Crippen molar-refractivity contribution in [1.82, 2.24) is 0 Å². The molecular formula is C22H18F3NO3. The fourth-order valence-electron chi connectivity index (χ4n) is 2.84. The van der Waals surface area contributed by atoms with E-state index in [0.29, 0.717) is 28.1 Å². The Hall–Kier alpha value is -3.48. The van der Waals surface area contributed by atoms with Crippen LogP contribution in [0.3, 0.4) is 0 Å². The summed E-state index contributed by atoms with van der Waals surface area (Å²) in [5.41, 5.74) is 1.92. The fourth-order valence-corrected chi connectivity index (χ4v) is 2.84. The van der Waals surface area contributed by atoms with Gasteiger partial charge in [0.1, 0.15) is 17.3 Å². The highest BCUT2D eigenvalue weighted by atomic mass is 19.3. The van der Waals surface area contributed by atoms with Gasteiger partial charge in [0, 0.05) is 11.3 Å². The topological polar surface area (TPSA) is 47.6 Å². The van der Waals surface area contributed by atoms with Crippen LogP contribution in [-0.4, -0.2) is 19.6 Å². The number of rotatable bonds is 7. The highest BCUT2D eigenvalue weighted by Gasteiger charge is 2.14. The molecule has 0 aliphatic rings. The maximum Gasteiger partial charge on any atom is 0.387 e. The van der Waals surface area contributed by atoms with Crippen LogP contribution in [0.15, 0.2) is 66.7 Å². The van der Waals surface area contributed by atoms with Gasteiger partial charge < -0.3 is 14.8 Å². The molecule has 0 saturated carbocycles. The Kier molecular flexibility index (Phi) is 6.39. The van der Waals surface area contributed by atoms with E-state index < -0.39 is 12.4 Å². The third kappa shape index (κ3) is 5.51. The second-order valence-corrected chi connectivity index (χ2v) is 6.17. The van der Waals surface area contributed by atoms with Crippen molar-refractivity contribution < 1.29 is 27.4 Å². The molecule has 4 nitrogen and oxygen atoms in total. The van der Waals surface area contributed by atoms with Crippen molar-refractivity contribution in [3.05, 3.63) is 78.1 Å². The molecule has 7 heteroatoms. The smallest absolute Gasteiger partial charge is 0.387 e. The number of carbonyl (C=O) groups excluding carboxylic acids is 1. The zero-order chi connectivity index (χ0) is 20.8. The van der Waals surface area contributed by atoms with E-state index >= 15 is 0 Å².